The van der Waals surface area contributed by atoms with E-state index in [9.17, 15) is 14.7 Å². The maximum absolute atomic E-state index is 12.7. The zero-order valence-corrected chi connectivity index (χ0v) is 13.7. The fourth-order valence-corrected chi connectivity index (χ4v) is 3.00. The van der Waals surface area contributed by atoms with Gasteiger partial charge in [0.25, 0.3) is 0 Å². The molecule has 23 heavy (non-hydrogen) atoms. The zero-order valence-electron chi connectivity index (χ0n) is 13.7. The lowest BCUT2D eigenvalue weighted by atomic mass is 9.88. The Morgan fingerprint density at radius 2 is 1.96 bits per heavy atom. The lowest BCUT2D eigenvalue weighted by Crippen LogP contribution is -2.41. The average Bonchev–Trinajstić information content (AvgIpc) is 2.99. The fourth-order valence-electron chi connectivity index (χ4n) is 3.00. The molecule has 1 fully saturated rings. The highest BCUT2D eigenvalue weighted by molar-refractivity contribution is 5.85. The molecular formula is C17H23NO5. The third-order valence-corrected chi connectivity index (χ3v) is 4.53. The number of nitrogens with zero attached hydrogens (tertiary/aromatic N) is 1. The lowest BCUT2D eigenvalue weighted by molar-refractivity contribution is -0.151. The second-order valence-corrected chi connectivity index (χ2v) is 6.02. The molecule has 126 valence electrons. The number of aliphatic carboxylic acids is 1. The first-order valence-corrected chi connectivity index (χ1v) is 7.58. The summed E-state index contributed by atoms with van der Waals surface area (Å²) in [6.45, 7) is 2.58. The molecule has 0 bridgehead atoms. The first kappa shape index (κ1) is 17.3. The SMILES string of the molecule is COC[C@]1(C(=O)O)CCN(C(=O)[C@H](C)c2ccc(OC)cc2)C1. The van der Waals surface area contributed by atoms with Crippen LogP contribution in [0.2, 0.25) is 0 Å². The van der Waals surface area contributed by atoms with Gasteiger partial charge in [0, 0.05) is 20.2 Å². The van der Waals surface area contributed by atoms with Crippen LogP contribution in [0, 0.1) is 5.41 Å². The van der Waals surface area contributed by atoms with Gasteiger partial charge in [0.1, 0.15) is 11.2 Å². The summed E-state index contributed by atoms with van der Waals surface area (Å²) in [4.78, 5) is 25.9. The molecule has 1 saturated heterocycles. The molecule has 1 N–H and O–H groups in total. The van der Waals surface area contributed by atoms with E-state index in [1.165, 1.54) is 7.11 Å². The molecule has 2 rings (SSSR count). The molecule has 0 aromatic heterocycles. The number of amides is 1. The average molecular weight is 321 g/mol. The molecule has 0 unspecified atom stereocenters. The summed E-state index contributed by atoms with van der Waals surface area (Å²) < 4.78 is 10.2. The molecule has 0 saturated carbocycles. The van der Waals surface area contributed by atoms with Crippen LogP contribution in [-0.2, 0) is 14.3 Å². The van der Waals surface area contributed by atoms with Crippen LogP contribution in [0.3, 0.4) is 0 Å². The quantitative estimate of drug-likeness (QED) is 0.864. The third kappa shape index (κ3) is 3.47. The van der Waals surface area contributed by atoms with Gasteiger partial charge >= 0.3 is 5.97 Å². The van der Waals surface area contributed by atoms with Gasteiger partial charge in [-0.2, -0.15) is 0 Å². The summed E-state index contributed by atoms with van der Waals surface area (Å²) in [5, 5.41) is 9.48. The number of methoxy groups -OCH3 is 2. The van der Waals surface area contributed by atoms with Crippen LogP contribution < -0.4 is 4.74 Å². The van der Waals surface area contributed by atoms with Gasteiger partial charge in [-0.25, -0.2) is 0 Å². The highest BCUT2D eigenvalue weighted by atomic mass is 16.5. The number of carboxylic acids is 1. The third-order valence-electron chi connectivity index (χ3n) is 4.53. The molecule has 2 atom stereocenters. The number of ether oxygens (including phenoxy) is 2. The second-order valence-electron chi connectivity index (χ2n) is 6.02. The van der Waals surface area contributed by atoms with Crippen molar-refractivity contribution in [2.45, 2.75) is 19.3 Å². The van der Waals surface area contributed by atoms with Crippen LogP contribution in [-0.4, -0.2) is 55.8 Å². The van der Waals surface area contributed by atoms with Gasteiger partial charge in [-0.3, -0.25) is 9.59 Å². The highest BCUT2D eigenvalue weighted by Crippen LogP contribution is 2.33. The van der Waals surface area contributed by atoms with Crippen LogP contribution >= 0.6 is 0 Å². The first-order valence-electron chi connectivity index (χ1n) is 7.58. The maximum atomic E-state index is 12.7. The van der Waals surface area contributed by atoms with Crippen molar-refractivity contribution >= 4 is 11.9 Å². The van der Waals surface area contributed by atoms with Gasteiger partial charge < -0.3 is 19.5 Å². The van der Waals surface area contributed by atoms with Gasteiger partial charge in [-0.1, -0.05) is 12.1 Å². The number of likely N-dealkylation sites (tertiary alicyclic amines) is 1. The van der Waals surface area contributed by atoms with E-state index in [1.807, 2.05) is 31.2 Å². The predicted molar refractivity (Wildman–Crippen MR) is 84.6 cm³/mol. The van der Waals surface area contributed by atoms with Gasteiger partial charge in [0.05, 0.1) is 19.6 Å². The summed E-state index contributed by atoms with van der Waals surface area (Å²) in [6, 6.07) is 7.35. The molecular weight excluding hydrogens is 298 g/mol. The molecule has 1 aromatic rings. The number of carbonyl (C=O) groups is 2. The Bertz CT molecular complexity index is 571. The Hall–Kier alpha value is -2.08. The van der Waals surface area contributed by atoms with Crippen molar-refractivity contribution in [1.82, 2.24) is 4.90 Å². The van der Waals surface area contributed by atoms with E-state index in [1.54, 1.807) is 12.0 Å². The van der Waals surface area contributed by atoms with Crippen LogP contribution in [0.25, 0.3) is 0 Å². The minimum atomic E-state index is -0.996. The molecule has 0 spiro atoms. The Balaban J connectivity index is 2.09. The van der Waals surface area contributed by atoms with E-state index in [2.05, 4.69) is 0 Å². The number of hydrogen-bond donors (Lipinski definition) is 1. The smallest absolute Gasteiger partial charge is 0.313 e. The molecule has 1 amide bonds. The van der Waals surface area contributed by atoms with Gasteiger partial charge in [0.2, 0.25) is 5.91 Å². The topological polar surface area (TPSA) is 76.1 Å². The first-order chi connectivity index (χ1) is 10.9. The summed E-state index contributed by atoms with van der Waals surface area (Å²) in [5.41, 5.74) is -0.111. The predicted octanol–water partition coefficient (Wildman–Crippen LogP) is 1.75. The number of rotatable bonds is 6. The molecule has 1 aliphatic heterocycles. The molecule has 0 radical (unpaired) electrons. The molecule has 6 heteroatoms. The van der Waals surface area contributed by atoms with Crippen LogP contribution in [0.15, 0.2) is 24.3 Å². The molecule has 1 heterocycles. The van der Waals surface area contributed by atoms with Crippen molar-refractivity contribution in [3.63, 3.8) is 0 Å². The van der Waals surface area contributed by atoms with Crippen molar-refractivity contribution in [3.05, 3.63) is 29.8 Å². The normalized spacial score (nSPS) is 22.0. The Kier molecular flexibility index (Phi) is 5.26. The van der Waals surface area contributed by atoms with Crippen LogP contribution in [0.5, 0.6) is 5.75 Å². The highest BCUT2D eigenvalue weighted by Gasteiger charge is 2.47. The number of hydrogen-bond acceptors (Lipinski definition) is 4. The number of benzene rings is 1. The summed E-state index contributed by atoms with van der Waals surface area (Å²) in [7, 11) is 3.07. The molecule has 6 nitrogen and oxygen atoms in total. The largest absolute Gasteiger partial charge is 0.497 e. The monoisotopic (exact) mass is 321 g/mol. The van der Waals surface area contributed by atoms with Crippen molar-refractivity contribution in [1.29, 1.82) is 0 Å². The Morgan fingerprint density at radius 1 is 1.30 bits per heavy atom. The van der Waals surface area contributed by atoms with Crippen molar-refractivity contribution in [3.8, 4) is 5.75 Å². The van der Waals surface area contributed by atoms with Gasteiger partial charge in [-0.05, 0) is 31.0 Å². The maximum Gasteiger partial charge on any atom is 0.313 e. The van der Waals surface area contributed by atoms with Crippen molar-refractivity contribution in [2.75, 3.05) is 33.9 Å². The van der Waals surface area contributed by atoms with E-state index in [-0.39, 0.29) is 25.0 Å². The second kappa shape index (κ2) is 7.00. The number of carboxylic acid groups (broad SMARTS) is 1. The summed E-state index contributed by atoms with van der Waals surface area (Å²) in [5.74, 6) is -0.561. The summed E-state index contributed by atoms with van der Waals surface area (Å²) >= 11 is 0. The van der Waals surface area contributed by atoms with E-state index in [0.29, 0.717) is 13.0 Å². The van der Waals surface area contributed by atoms with E-state index < -0.39 is 11.4 Å². The van der Waals surface area contributed by atoms with Crippen molar-refractivity contribution in [2.24, 2.45) is 5.41 Å². The Labute approximate surface area is 136 Å². The minimum Gasteiger partial charge on any atom is -0.497 e. The fraction of sp³-hybridized carbons (Fsp3) is 0.529. The van der Waals surface area contributed by atoms with E-state index >= 15 is 0 Å². The minimum absolute atomic E-state index is 0.0607. The molecule has 1 aromatic carbocycles. The lowest BCUT2D eigenvalue weighted by Gasteiger charge is -2.25. The molecule has 0 aliphatic carbocycles. The van der Waals surface area contributed by atoms with E-state index in [4.69, 9.17) is 9.47 Å². The number of carbonyl (C=O) groups excluding carboxylic acids is 1. The van der Waals surface area contributed by atoms with Crippen molar-refractivity contribution < 1.29 is 24.2 Å². The van der Waals surface area contributed by atoms with Gasteiger partial charge in [-0.15, -0.1) is 0 Å². The van der Waals surface area contributed by atoms with Gasteiger partial charge in [0.15, 0.2) is 0 Å². The standard InChI is InChI=1S/C17H23NO5/c1-12(13-4-6-14(23-3)7-5-13)15(19)18-9-8-17(10-18,11-22-2)16(20)21/h4-7,12H,8-11H2,1-3H3,(H,20,21)/t12-,17+/m1/s1. The summed E-state index contributed by atoms with van der Waals surface area (Å²) in [6.07, 6.45) is 0.414. The van der Waals surface area contributed by atoms with Crippen LogP contribution in [0.1, 0.15) is 24.8 Å². The van der Waals surface area contributed by atoms with Crippen LogP contribution in [0.4, 0.5) is 0 Å². The zero-order chi connectivity index (χ0) is 17.0. The molecule has 1 aliphatic rings. The van der Waals surface area contributed by atoms with E-state index in [0.717, 1.165) is 11.3 Å². The Morgan fingerprint density at radius 3 is 2.48 bits per heavy atom.